The summed E-state index contributed by atoms with van der Waals surface area (Å²) in [5, 5.41) is 5.02. The third kappa shape index (κ3) is 3.52. The predicted molar refractivity (Wildman–Crippen MR) is 116 cm³/mol. The van der Waals surface area contributed by atoms with E-state index in [-0.39, 0.29) is 18.4 Å². The number of H-pyrrole nitrogens is 1. The zero-order chi connectivity index (χ0) is 17.4. The van der Waals surface area contributed by atoms with E-state index in [0.717, 1.165) is 30.9 Å². The molecule has 2 aromatic carbocycles. The molecule has 0 saturated carbocycles. The van der Waals surface area contributed by atoms with Gasteiger partial charge in [-0.25, -0.2) is 0 Å². The number of aromatic nitrogens is 1. The number of rotatable bonds is 4. The van der Waals surface area contributed by atoms with Crippen LogP contribution in [0.15, 0.2) is 36.4 Å². The number of halogens is 2. The smallest absolute Gasteiger partial charge is 0.160 e. The Morgan fingerprint density at radius 2 is 1.88 bits per heavy atom. The van der Waals surface area contributed by atoms with Crippen molar-refractivity contribution in [2.24, 2.45) is 0 Å². The summed E-state index contributed by atoms with van der Waals surface area (Å²) in [4.78, 5) is 3.64. The van der Waals surface area contributed by atoms with E-state index in [1.54, 1.807) is 14.2 Å². The third-order valence-electron chi connectivity index (χ3n) is 4.90. The number of nitrogens with one attached hydrogen (secondary N) is 2. The van der Waals surface area contributed by atoms with Crippen LogP contribution in [0.4, 0.5) is 0 Å². The van der Waals surface area contributed by atoms with E-state index in [9.17, 15) is 0 Å². The molecule has 0 bridgehead atoms. The fourth-order valence-electron chi connectivity index (χ4n) is 3.70. The highest BCUT2D eigenvalue weighted by Gasteiger charge is 2.24. The van der Waals surface area contributed by atoms with Crippen LogP contribution in [0.3, 0.4) is 0 Å². The van der Waals surface area contributed by atoms with Gasteiger partial charge in [0.05, 0.1) is 20.3 Å². The van der Waals surface area contributed by atoms with E-state index in [1.807, 2.05) is 6.07 Å². The molecule has 0 saturated heterocycles. The van der Waals surface area contributed by atoms with Crippen molar-refractivity contribution in [3.63, 3.8) is 0 Å². The molecule has 1 atom stereocenters. The molecule has 0 aliphatic carbocycles. The van der Waals surface area contributed by atoms with Crippen molar-refractivity contribution in [1.29, 1.82) is 0 Å². The summed E-state index contributed by atoms with van der Waals surface area (Å²) in [7, 11) is 3.34. The number of aromatic amines is 1. The van der Waals surface area contributed by atoms with Gasteiger partial charge in [-0.1, -0.05) is 6.07 Å². The molecule has 0 radical (unpaired) electrons. The Morgan fingerprint density at radius 3 is 2.65 bits per heavy atom. The number of hydrogen-bond acceptors (Lipinski definition) is 3. The predicted octanol–water partition coefficient (Wildman–Crippen LogP) is 4.64. The van der Waals surface area contributed by atoms with Crippen molar-refractivity contribution in [2.45, 2.75) is 18.9 Å². The average Bonchev–Trinajstić information content (AvgIpc) is 3.00. The molecule has 1 unspecified atom stereocenters. The normalized spacial score (nSPS) is 16.0. The van der Waals surface area contributed by atoms with Crippen LogP contribution in [0.25, 0.3) is 10.9 Å². The van der Waals surface area contributed by atoms with Crippen LogP contribution >= 0.6 is 35.0 Å². The molecule has 4 nitrogen and oxygen atoms in total. The van der Waals surface area contributed by atoms with Crippen molar-refractivity contribution in [1.82, 2.24) is 10.3 Å². The molecule has 0 spiro atoms. The van der Waals surface area contributed by atoms with E-state index in [2.05, 4.69) is 63.2 Å². The van der Waals surface area contributed by atoms with Gasteiger partial charge in [-0.2, -0.15) is 0 Å². The highest BCUT2D eigenvalue weighted by Crippen LogP contribution is 2.34. The molecule has 26 heavy (non-hydrogen) atoms. The lowest BCUT2D eigenvalue weighted by atomic mass is 9.94. The molecule has 6 heteroatoms. The first kappa shape index (κ1) is 19.3. The highest BCUT2D eigenvalue weighted by molar-refractivity contribution is 14.1. The Bertz CT molecular complexity index is 926. The first-order chi connectivity index (χ1) is 12.2. The molecular weight excluding hydrogens is 463 g/mol. The number of hydrogen-bond donors (Lipinski definition) is 2. The van der Waals surface area contributed by atoms with E-state index in [4.69, 9.17) is 9.47 Å². The van der Waals surface area contributed by atoms with E-state index >= 15 is 0 Å². The molecule has 0 amide bonds. The Labute approximate surface area is 173 Å². The molecule has 0 fully saturated rings. The minimum absolute atomic E-state index is 0. The Morgan fingerprint density at radius 1 is 1.08 bits per heavy atom. The van der Waals surface area contributed by atoms with Gasteiger partial charge < -0.3 is 19.8 Å². The number of ether oxygens (including phenoxy) is 2. The number of methoxy groups -OCH3 is 2. The minimum atomic E-state index is 0. The summed E-state index contributed by atoms with van der Waals surface area (Å²) in [6.45, 7) is 1.00. The van der Waals surface area contributed by atoms with Gasteiger partial charge in [0.25, 0.3) is 0 Å². The molecular formula is C20H22ClIN2O2. The first-order valence-electron chi connectivity index (χ1n) is 8.44. The van der Waals surface area contributed by atoms with Crippen molar-refractivity contribution >= 4 is 45.9 Å². The van der Waals surface area contributed by atoms with Gasteiger partial charge in [0.1, 0.15) is 0 Å². The summed E-state index contributed by atoms with van der Waals surface area (Å²) in [5.74, 6) is 1.55. The van der Waals surface area contributed by atoms with Gasteiger partial charge in [-0.15, -0.1) is 12.4 Å². The molecule has 1 aliphatic heterocycles. The van der Waals surface area contributed by atoms with Gasteiger partial charge in [-0.05, 0) is 83.4 Å². The second-order valence-corrected chi connectivity index (χ2v) is 7.60. The molecule has 2 heterocycles. The lowest BCUT2D eigenvalue weighted by Gasteiger charge is -2.25. The van der Waals surface area contributed by atoms with Crippen LogP contribution in [0, 0.1) is 3.57 Å². The van der Waals surface area contributed by atoms with Gasteiger partial charge in [-0.3, -0.25) is 0 Å². The largest absolute Gasteiger partial charge is 0.493 e. The van der Waals surface area contributed by atoms with Gasteiger partial charge in [0.15, 0.2) is 11.5 Å². The maximum atomic E-state index is 5.44. The zero-order valence-electron chi connectivity index (χ0n) is 14.8. The van der Waals surface area contributed by atoms with E-state index in [1.165, 1.54) is 31.3 Å². The molecule has 138 valence electrons. The van der Waals surface area contributed by atoms with Crippen LogP contribution in [-0.2, 0) is 12.8 Å². The van der Waals surface area contributed by atoms with E-state index in [0.29, 0.717) is 0 Å². The van der Waals surface area contributed by atoms with Crippen LogP contribution in [0.2, 0.25) is 0 Å². The molecule has 3 aromatic rings. The third-order valence-corrected chi connectivity index (χ3v) is 5.57. The molecule has 4 rings (SSSR count). The Kier molecular flexibility index (Phi) is 5.99. The number of benzene rings is 2. The Hall–Kier alpha value is -1.44. The maximum absolute atomic E-state index is 5.44. The summed E-state index contributed by atoms with van der Waals surface area (Å²) in [6, 6.07) is 13.1. The summed E-state index contributed by atoms with van der Waals surface area (Å²) < 4.78 is 12.1. The van der Waals surface area contributed by atoms with Crippen molar-refractivity contribution in [2.75, 3.05) is 20.8 Å². The summed E-state index contributed by atoms with van der Waals surface area (Å²) in [5.41, 5.74) is 5.23. The van der Waals surface area contributed by atoms with Crippen molar-refractivity contribution in [3.8, 4) is 11.5 Å². The van der Waals surface area contributed by atoms with Crippen LogP contribution in [0.1, 0.15) is 22.9 Å². The second-order valence-electron chi connectivity index (χ2n) is 6.36. The summed E-state index contributed by atoms with van der Waals surface area (Å²) in [6.07, 6.45) is 1.98. The first-order valence-corrected chi connectivity index (χ1v) is 9.51. The fraction of sp³-hybridized carbons (Fsp3) is 0.300. The standard InChI is InChI=1S/C20H21IN2O2.ClH/c1-24-18-6-3-12(10-19(18)25-2)9-17-20-14(7-8-22-17)15-11-13(21)4-5-16(15)23-20;/h3-6,10-11,17,22-23H,7-9H2,1-2H3;1H. The average molecular weight is 485 g/mol. The molecule has 1 aliphatic rings. The molecule has 1 aromatic heterocycles. The topological polar surface area (TPSA) is 46.3 Å². The zero-order valence-corrected chi connectivity index (χ0v) is 17.7. The fourth-order valence-corrected chi connectivity index (χ4v) is 4.19. The lowest BCUT2D eigenvalue weighted by molar-refractivity contribution is 0.354. The summed E-state index contributed by atoms with van der Waals surface area (Å²) >= 11 is 2.38. The monoisotopic (exact) mass is 484 g/mol. The SMILES string of the molecule is COc1ccc(CC2NCCc3c2[nH]c2ccc(I)cc32)cc1OC.Cl. The van der Waals surface area contributed by atoms with Crippen molar-refractivity contribution < 1.29 is 9.47 Å². The van der Waals surface area contributed by atoms with Crippen LogP contribution in [0.5, 0.6) is 11.5 Å². The quantitative estimate of drug-likeness (QED) is 0.530. The maximum Gasteiger partial charge on any atom is 0.160 e. The van der Waals surface area contributed by atoms with Gasteiger partial charge in [0, 0.05) is 20.2 Å². The Balaban J connectivity index is 0.00000196. The van der Waals surface area contributed by atoms with Gasteiger partial charge >= 0.3 is 0 Å². The van der Waals surface area contributed by atoms with E-state index < -0.39 is 0 Å². The lowest BCUT2D eigenvalue weighted by Crippen LogP contribution is -2.31. The number of fused-ring (bicyclic) bond motifs is 3. The van der Waals surface area contributed by atoms with Crippen molar-refractivity contribution in [3.05, 3.63) is 56.8 Å². The minimum Gasteiger partial charge on any atom is -0.493 e. The molecule has 2 N–H and O–H groups in total. The second kappa shape index (κ2) is 8.06. The highest BCUT2D eigenvalue weighted by atomic mass is 127. The van der Waals surface area contributed by atoms with Gasteiger partial charge in [0.2, 0.25) is 0 Å². The van der Waals surface area contributed by atoms with Crippen LogP contribution < -0.4 is 14.8 Å². The van der Waals surface area contributed by atoms with Crippen LogP contribution in [-0.4, -0.2) is 25.7 Å².